The quantitative estimate of drug-likeness (QED) is 0.827. The largest absolute Gasteiger partial charge is 0.366 e. The number of aromatic amines is 1. The number of nitrogens with zero attached hydrogens (tertiary/aromatic N) is 1. The zero-order chi connectivity index (χ0) is 13.0. The monoisotopic (exact) mass is 257 g/mol. The van der Waals surface area contributed by atoms with Crippen molar-refractivity contribution in [2.45, 2.75) is 32.7 Å². The van der Waals surface area contributed by atoms with E-state index in [1.165, 1.54) is 6.07 Å². The van der Waals surface area contributed by atoms with E-state index in [1.807, 2.05) is 20.8 Å². The molecule has 1 aromatic heterocycles. The lowest BCUT2D eigenvalue weighted by molar-refractivity contribution is 0.682. The van der Waals surface area contributed by atoms with Crippen LogP contribution in [0.25, 0.3) is 0 Å². The van der Waals surface area contributed by atoms with Gasteiger partial charge in [0.15, 0.2) is 0 Å². The molecule has 0 aliphatic heterocycles. The summed E-state index contributed by atoms with van der Waals surface area (Å²) in [5.41, 5.74) is -0.170. The summed E-state index contributed by atoms with van der Waals surface area (Å²) in [5.74, 6) is 1.89. The van der Waals surface area contributed by atoms with Crippen molar-refractivity contribution in [2.24, 2.45) is 0 Å². The summed E-state index contributed by atoms with van der Waals surface area (Å²) < 4.78 is 11.1. The molecule has 0 fully saturated rings. The Morgan fingerprint density at radius 3 is 2.65 bits per heavy atom. The van der Waals surface area contributed by atoms with Gasteiger partial charge in [-0.3, -0.25) is 9.00 Å². The second-order valence-electron chi connectivity index (χ2n) is 4.46. The van der Waals surface area contributed by atoms with Crippen molar-refractivity contribution in [1.29, 1.82) is 0 Å². The third-order valence-corrected chi connectivity index (χ3v) is 3.16. The van der Waals surface area contributed by atoms with Crippen LogP contribution in [0, 0.1) is 0 Å². The molecule has 0 amide bonds. The van der Waals surface area contributed by atoms with E-state index in [4.69, 9.17) is 0 Å². The average molecular weight is 257 g/mol. The Balaban J connectivity index is 2.84. The summed E-state index contributed by atoms with van der Waals surface area (Å²) in [6.45, 7) is 5.85. The molecule has 2 atom stereocenters. The van der Waals surface area contributed by atoms with E-state index in [2.05, 4.69) is 15.3 Å². The number of aromatic nitrogens is 2. The molecular weight excluding hydrogens is 238 g/mol. The number of anilines is 1. The van der Waals surface area contributed by atoms with Gasteiger partial charge in [0.25, 0.3) is 5.56 Å². The smallest absolute Gasteiger partial charge is 0.252 e. The van der Waals surface area contributed by atoms with Gasteiger partial charge < -0.3 is 10.3 Å². The Morgan fingerprint density at radius 2 is 2.12 bits per heavy atom. The van der Waals surface area contributed by atoms with Gasteiger partial charge in [0.1, 0.15) is 11.6 Å². The maximum atomic E-state index is 11.4. The van der Waals surface area contributed by atoms with Crippen LogP contribution in [-0.4, -0.2) is 32.2 Å². The van der Waals surface area contributed by atoms with Crippen molar-refractivity contribution in [3.8, 4) is 0 Å². The summed E-state index contributed by atoms with van der Waals surface area (Å²) >= 11 is 0. The van der Waals surface area contributed by atoms with Gasteiger partial charge in [0.2, 0.25) is 0 Å². The second kappa shape index (κ2) is 5.95. The molecule has 6 heteroatoms. The topological polar surface area (TPSA) is 74.8 Å². The highest BCUT2D eigenvalue weighted by molar-refractivity contribution is 7.84. The molecule has 0 aliphatic rings. The molecule has 1 heterocycles. The first-order valence-electron chi connectivity index (χ1n) is 5.56. The maximum absolute atomic E-state index is 11.4. The van der Waals surface area contributed by atoms with Crippen LogP contribution in [-0.2, 0) is 10.8 Å². The molecule has 17 heavy (non-hydrogen) atoms. The first-order valence-corrected chi connectivity index (χ1v) is 7.29. The van der Waals surface area contributed by atoms with Crippen LogP contribution >= 0.6 is 0 Å². The summed E-state index contributed by atoms with van der Waals surface area (Å²) in [6.07, 6.45) is 1.66. The minimum Gasteiger partial charge on any atom is -0.366 e. The molecule has 2 N–H and O–H groups in total. The van der Waals surface area contributed by atoms with E-state index >= 15 is 0 Å². The van der Waals surface area contributed by atoms with Crippen molar-refractivity contribution in [3.63, 3.8) is 0 Å². The molecule has 96 valence electrons. The lowest BCUT2D eigenvalue weighted by Crippen LogP contribution is -2.24. The summed E-state index contributed by atoms with van der Waals surface area (Å²) in [4.78, 5) is 18.4. The van der Waals surface area contributed by atoms with Crippen LogP contribution in [0.4, 0.5) is 5.82 Å². The fourth-order valence-electron chi connectivity index (χ4n) is 1.47. The van der Waals surface area contributed by atoms with Gasteiger partial charge in [-0.15, -0.1) is 0 Å². The van der Waals surface area contributed by atoms with Crippen LogP contribution < -0.4 is 10.9 Å². The summed E-state index contributed by atoms with van der Waals surface area (Å²) in [6, 6.07) is 1.44. The summed E-state index contributed by atoms with van der Waals surface area (Å²) in [5, 5.41) is 3.09. The third-order valence-electron chi connectivity index (χ3n) is 2.19. The van der Waals surface area contributed by atoms with Crippen molar-refractivity contribution in [1.82, 2.24) is 9.97 Å². The van der Waals surface area contributed by atoms with Gasteiger partial charge in [-0.25, -0.2) is 4.98 Å². The molecule has 0 bridgehead atoms. The molecule has 0 radical (unpaired) electrons. The standard InChI is InChI=1S/C11H19N3O2S/c1-7(2)11-13-9(5-10(15)14-11)12-8(3)6-17(4)16/h5,7-8H,6H2,1-4H3,(H2,12,13,14,15). The molecule has 2 unspecified atom stereocenters. The number of rotatable bonds is 5. The van der Waals surface area contributed by atoms with Crippen LogP contribution in [0.3, 0.4) is 0 Å². The number of hydrogen-bond acceptors (Lipinski definition) is 4. The fraction of sp³-hybridized carbons (Fsp3) is 0.636. The third kappa shape index (κ3) is 4.68. The van der Waals surface area contributed by atoms with Crippen molar-refractivity contribution >= 4 is 16.6 Å². The molecule has 0 saturated heterocycles. The number of hydrogen-bond donors (Lipinski definition) is 2. The first kappa shape index (κ1) is 13.9. The van der Waals surface area contributed by atoms with Crippen LogP contribution in [0.1, 0.15) is 32.5 Å². The molecular formula is C11H19N3O2S. The van der Waals surface area contributed by atoms with Crippen molar-refractivity contribution in [3.05, 3.63) is 22.2 Å². The van der Waals surface area contributed by atoms with Crippen molar-refractivity contribution in [2.75, 3.05) is 17.3 Å². The van der Waals surface area contributed by atoms with Gasteiger partial charge in [0.05, 0.1) is 0 Å². The summed E-state index contributed by atoms with van der Waals surface area (Å²) in [7, 11) is -0.865. The minimum atomic E-state index is -0.865. The minimum absolute atomic E-state index is 0.0233. The second-order valence-corrected chi connectivity index (χ2v) is 5.94. The fourth-order valence-corrected chi connectivity index (χ4v) is 2.26. The van der Waals surface area contributed by atoms with Gasteiger partial charge >= 0.3 is 0 Å². The van der Waals surface area contributed by atoms with E-state index in [9.17, 15) is 9.00 Å². The molecule has 0 spiro atoms. The lowest BCUT2D eigenvalue weighted by Gasteiger charge is -2.14. The van der Waals surface area contributed by atoms with E-state index in [-0.39, 0.29) is 17.5 Å². The molecule has 1 aromatic rings. The molecule has 0 saturated carbocycles. The molecule has 0 aliphatic carbocycles. The Bertz CT molecular complexity index is 456. The molecule has 5 nitrogen and oxygen atoms in total. The normalized spacial score (nSPS) is 14.6. The average Bonchev–Trinajstić information content (AvgIpc) is 2.14. The Kier molecular flexibility index (Phi) is 4.86. The highest BCUT2D eigenvalue weighted by Crippen LogP contribution is 2.09. The Labute approximate surface area is 104 Å². The van der Waals surface area contributed by atoms with E-state index < -0.39 is 10.8 Å². The first-order chi connectivity index (χ1) is 7.88. The predicted molar refractivity (Wildman–Crippen MR) is 71.0 cm³/mol. The van der Waals surface area contributed by atoms with Crippen LogP contribution in [0.5, 0.6) is 0 Å². The zero-order valence-electron chi connectivity index (χ0n) is 10.6. The van der Waals surface area contributed by atoms with E-state index in [1.54, 1.807) is 6.26 Å². The van der Waals surface area contributed by atoms with E-state index in [0.29, 0.717) is 17.4 Å². The SMILES string of the molecule is CC(CS(C)=O)Nc1cc(=O)[nH]c(C(C)C)n1. The Hall–Kier alpha value is -1.17. The zero-order valence-corrected chi connectivity index (χ0v) is 11.4. The Morgan fingerprint density at radius 1 is 1.47 bits per heavy atom. The highest BCUT2D eigenvalue weighted by Gasteiger charge is 2.08. The maximum Gasteiger partial charge on any atom is 0.252 e. The lowest BCUT2D eigenvalue weighted by atomic mass is 10.2. The predicted octanol–water partition coefficient (Wildman–Crippen LogP) is 1.07. The van der Waals surface area contributed by atoms with Gasteiger partial charge in [-0.1, -0.05) is 13.8 Å². The van der Waals surface area contributed by atoms with Crippen molar-refractivity contribution < 1.29 is 4.21 Å². The van der Waals surface area contributed by atoms with E-state index in [0.717, 1.165) is 0 Å². The number of H-pyrrole nitrogens is 1. The van der Waals surface area contributed by atoms with Gasteiger partial charge in [-0.2, -0.15) is 0 Å². The molecule has 1 rings (SSSR count). The highest BCUT2D eigenvalue weighted by atomic mass is 32.2. The number of nitrogens with one attached hydrogen (secondary N) is 2. The van der Waals surface area contributed by atoms with Gasteiger partial charge in [-0.05, 0) is 6.92 Å². The van der Waals surface area contributed by atoms with Crippen LogP contribution in [0.15, 0.2) is 10.9 Å². The van der Waals surface area contributed by atoms with Gasteiger partial charge in [0, 0.05) is 40.8 Å². The van der Waals surface area contributed by atoms with Crippen LogP contribution in [0.2, 0.25) is 0 Å². The molecule has 0 aromatic carbocycles.